The van der Waals surface area contributed by atoms with Gasteiger partial charge >= 0.3 is 5.97 Å². The third-order valence-corrected chi connectivity index (χ3v) is 3.98. The van der Waals surface area contributed by atoms with E-state index in [0.717, 1.165) is 45.7 Å². The van der Waals surface area contributed by atoms with Crippen molar-refractivity contribution < 1.29 is 14.6 Å². The summed E-state index contributed by atoms with van der Waals surface area (Å²) in [5.74, 6) is -0.0630. The second kappa shape index (κ2) is 5.80. The zero-order valence-electron chi connectivity index (χ0n) is 10.5. The first-order valence-corrected chi connectivity index (χ1v) is 6.39. The van der Waals surface area contributed by atoms with Crippen LogP contribution in [0.1, 0.15) is 12.8 Å². The average Bonchev–Trinajstić information content (AvgIpc) is 2.30. The third-order valence-electron chi connectivity index (χ3n) is 3.98. The normalized spacial score (nSPS) is 29.4. The maximum absolute atomic E-state index is 10.6. The Hall–Kier alpha value is -0.650. The number of aliphatic carboxylic acids is 1. The number of piperidine rings is 1. The molecule has 0 aromatic rings. The molecule has 0 saturated carbocycles. The largest absolute Gasteiger partial charge is 0.480 e. The van der Waals surface area contributed by atoms with E-state index in [4.69, 9.17) is 9.84 Å². The summed E-state index contributed by atoms with van der Waals surface area (Å²) in [6, 6.07) is 0.524. The Labute approximate surface area is 102 Å². The van der Waals surface area contributed by atoms with E-state index in [1.807, 2.05) is 4.90 Å². The smallest absolute Gasteiger partial charge is 0.317 e. The van der Waals surface area contributed by atoms with Gasteiger partial charge in [-0.1, -0.05) is 0 Å². The van der Waals surface area contributed by atoms with Gasteiger partial charge in [0.1, 0.15) is 0 Å². The first kappa shape index (κ1) is 12.8. The van der Waals surface area contributed by atoms with Crippen molar-refractivity contribution in [1.82, 2.24) is 9.80 Å². The standard InChI is InChI=1S/C12H22N2O3/c1-13-6-7-17-9-11(13)10-2-4-14(5-3-10)8-12(15)16/h10-11H,2-9H2,1H3,(H,15,16). The maximum Gasteiger partial charge on any atom is 0.317 e. The lowest BCUT2D eigenvalue weighted by molar-refractivity contribution is -0.138. The minimum absolute atomic E-state index is 0.184. The molecule has 2 fully saturated rings. The fraction of sp³-hybridized carbons (Fsp3) is 0.917. The van der Waals surface area contributed by atoms with E-state index in [9.17, 15) is 4.79 Å². The first-order chi connectivity index (χ1) is 8.16. The van der Waals surface area contributed by atoms with E-state index in [2.05, 4.69) is 11.9 Å². The van der Waals surface area contributed by atoms with E-state index in [1.165, 1.54) is 0 Å². The van der Waals surface area contributed by atoms with Gasteiger partial charge in [0.25, 0.3) is 0 Å². The van der Waals surface area contributed by atoms with Gasteiger partial charge in [0.15, 0.2) is 0 Å². The zero-order valence-corrected chi connectivity index (χ0v) is 10.5. The molecule has 0 aliphatic carbocycles. The Balaban J connectivity index is 1.79. The molecule has 5 heteroatoms. The van der Waals surface area contributed by atoms with Crippen LogP contribution >= 0.6 is 0 Å². The van der Waals surface area contributed by atoms with Crippen molar-refractivity contribution in [2.24, 2.45) is 5.92 Å². The summed E-state index contributed by atoms with van der Waals surface area (Å²) >= 11 is 0. The van der Waals surface area contributed by atoms with Gasteiger partial charge in [0.05, 0.1) is 19.8 Å². The molecule has 98 valence electrons. The molecule has 17 heavy (non-hydrogen) atoms. The Kier molecular flexibility index (Phi) is 4.36. The molecule has 1 N–H and O–H groups in total. The number of likely N-dealkylation sites (tertiary alicyclic amines) is 1. The predicted molar refractivity (Wildman–Crippen MR) is 64.0 cm³/mol. The molecule has 2 heterocycles. The minimum Gasteiger partial charge on any atom is -0.480 e. The average molecular weight is 242 g/mol. The van der Waals surface area contributed by atoms with E-state index >= 15 is 0 Å². The van der Waals surface area contributed by atoms with Gasteiger partial charge in [-0.2, -0.15) is 0 Å². The van der Waals surface area contributed by atoms with E-state index in [0.29, 0.717) is 12.0 Å². The van der Waals surface area contributed by atoms with Crippen LogP contribution in [0, 0.1) is 5.92 Å². The summed E-state index contributed by atoms with van der Waals surface area (Å²) in [6.07, 6.45) is 2.18. The molecule has 0 bridgehead atoms. The molecule has 0 spiro atoms. The molecular weight excluding hydrogens is 220 g/mol. The van der Waals surface area contributed by atoms with Crippen molar-refractivity contribution in [1.29, 1.82) is 0 Å². The van der Waals surface area contributed by atoms with Crippen LogP contribution in [0.3, 0.4) is 0 Å². The molecular formula is C12H22N2O3. The first-order valence-electron chi connectivity index (χ1n) is 6.39. The summed E-state index contributed by atoms with van der Waals surface area (Å²) in [4.78, 5) is 15.1. The van der Waals surface area contributed by atoms with Crippen LogP contribution in [-0.2, 0) is 9.53 Å². The number of hydrogen-bond donors (Lipinski definition) is 1. The number of carboxylic acid groups (broad SMARTS) is 1. The minimum atomic E-state index is -0.721. The number of rotatable bonds is 3. The number of ether oxygens (including phenoxy) is 1. The van der Waals surface area contributed by atoms with Crippen LogP contribution in [-0.4, -0.2) is 73.4 Å². The van der Waals surface area contributed by atoms with Crippen molar-refractivity contribution in [3.63, 3.8) is 0 Å². The lowest BCUT2D eigenvalue weighted by atomic mass is 9.88. The molecule has 1 unspecified atom stereocenters. The second-order valence-corrected chi connectivity index (χ2v) is 5.13. The van der Waals surface area contributed by atoms with Gasteiger partial charge in [-0.05, 0) is 38.9 Å². The summed E-state index contributed by atoms with van der Waals surface area (Å²) in [7, 11) is 2.16. The lowest BCUT2D eigenvalue weighted by Crippen LogP contribution is -2.50. The number of likely N-dealkylation sites (N-methyl/N-ethyl adjacent to an activating group) is 1. The summed E-state index contributed by atoms with van der Waals surface area (Å²) < 4.78 is 5.55. The molecule has 0 radical (unpaired) electrons. The van der Waals surface area contributed by atoms with Gasteiger partial charge < -0.3 is 9.84 Å². The topological polar surface area (TPSA) is 53.0 Å². The highest BCUT2D eigenvalue weighted by Crippen LogP contribution is 2.25. The Morgan fingerprint density at radius 2 is 2.06 bits per heavy atom. The SMILES string of the molecule is CN1CCOCC1C1CCN(CC(=O)O)CC1. The number of carbonyl (C=O) groups is 1. The summed E-state index contributed by atoms with van der Waals surface area (Å²) in [6.45, 7) is 4.68. The molecule has 2 rings (SSSR count). The predicted octanol–water partition coefficient (Wildman–Crippen LogP) is 0.114. The Morgan fingerprint density at radius 1 is 1.35 bits per heavy atom. The second-order valence-electron chi connectivity index (χ2n) is 5.13. The van der Waals surface area contributed by atoms with Crippen LogP contribution in [0.2, 0.25) is 0 Å². The van der Waals surface area contributed by atoms with Crippen molar-refractivity contribution in [2.75, 3.05) is 46.4 Å². The van der Waals surface area contributed by atoms with Crippen LogP contribution in [0.15, 0.2) is 0 Å². The quantitative estimate of drug-likeness (QED) is 0.761. The molecule has 2 aliphatic heterocycles. The van der Waals surface area contributed by atoms with Gasteiger partial charge in [-0.25, -0.2) is 0 Å². The van der Waals surface area contributed by atoms with E-state index < -0.39 is 5.97 Å². The number of carboxylic acids is 1. The van der Waals surface area contributed by atoms with Gasteiger partial charge in [-0.3, -0.25) is 14.6 Å². The van der Waals surface area contributed by atoms with E-state index in [1.54, 1.807) is 0 Å². The number of morpholine rings is 1. The van der Waals surface area contributed by atoms with Gasteiger partial charge in [0.2, 0.25) is 0 Å². The highest BCUT2D eigenvalue weighted by atomic mass is 16.5. The molecule has 0 aromatic heterocycles. The number of hydrogen-bond acceptors (Lipinski definition) is 4. The zero-order chi connectivity index (χ0) is 12.3. The molecule has 5 nitrogen and oxygen atoms in total. The summed E-state index contributed by atoms with van der Waals surface area (Å²) in [5.41, 5.74) is 0. The lowest BCUT2D eigenvalue weighted by Gasteiger charge is -2.41. The fourth-order valence-corrected chi connectivity index (χ4v) is 2.89. The van der Waals surface area contributed by atoms with Crippen molar-refractivity contribution in [3.05, 3.63) is 0 Å². The summed E-state index contributed by atoms with van der Waals surface area (Å²) in [5, 5.41) is 8.75. The Morgan fingerprint density at radius 3 is 2.65 bits per heavy atom. The van der Waals surface area contributed by atoms with Crippen molar-refractivity contribution >= 4 is 5.97 Å². The van der Waals surface area contributed by atoms with Crippen molar-refractivity contribution in [2.45, 2.75) is 18.9 Å². The highest BCUT2D eigenvalue weighted by molar-refractivity contribution is 5.69. The van der Waals surface area contributed by atoms with Crippen molar-refractivity contribution in [3.8, 4) is 0 Å². The molecule has 2 aliphatic rings. The third kappa shape index (κ3) is 3.40. The maximum atomic E-state index is 10.6. The molecule has 0 amide bonds. The fourth-order valence-electron chi connectivity index (χ4n) is 2.89. The van der Waals surface area contributed by atoms with Gasteiger partial charge in [0, 0.05) is 12.6 Å². The van der Waals surface area contributed by atoms with Gasteiger partial charge in [-0.15, -0.1) is 0 Å². The number of nitrogens with zero attached hydrogens (tertiary/aromatic N) is 2. The van der Waals surface area contributed by atoms with E-state index in [-0.39, 0.29) is 6.54 Å². The van der Waals surface area contributed by atoms with Crippen LogP contribution in [0.5, 0.6) is 0 Å². The highest BCUT2D eigenvalue weighted by Gasteiger charge is 2.31. The molecule has 0 aromatic carbocycles. The molecule has 1 atom stereocenters. The van der Waals surface area contributed by atoms with Crippen LogP contribution in [0.4, 0.5) is 0 Å². The van der Waals surface area contributed by atoms with Crippen LogP contribution in [0.25, 0.3) is 0 Å². The molecule has 2 saturated heterocycles. The van der Waals surface area contributed by atoms with Crippen LogP contribution < -0.4 is 0 Å². The monoisotopic (exact) mass is 242 g/mol. The Bertz CT molecular complexity index is 264.